The summed E-state index contributed by atoms with van der Waals surface area (Å²) in [4.78, 5) is 2.28. The van der Waals surface area contributed by atoms with Crippen molar-refractivity contribution in [2.24, 2.45) is 0 Å². The van der Waals surface area contributed by atoms with E-state index in [1.54, 1.807) is 16.8 Å². The molecule has 5 heteroatoms. The fourth-order valence-electron chi connectivity index (χ4n) is 2.37. The van der Waals surface area contributed by atoms with Crippen LogP contribution in [0.2, 0.25) is 0 Å². The molecule has 0 atom stereocenters. The first-order valence-electron chi connectivity index (χ1n) is 6.90. The van der Waals surface area contributed by atoms with Crippen LogP contribution < -0.4 is 0 Å². The molecule has 4 nitrogen and oxygen atoms in total. The van der Waals surface area contributed by atoms with Crippen LogP contribution in [0.3, 0.4) is 0 Å². The molecule has 106 valence electrons. The third-order valence-electron chi connectivity index (χ3n) is 3.56. The molecule has 2 aromatic rings. The molecule has 0 radical (unpaired) electrons. The SMILES string of the molecule is OCCN(Cc1cnn(-c2ccc(F)cc2)c1)C1CC1. The van der Waals surface area contributed by atoms with Gasteiger partial charge in [-0.25, -0.2) is 9.07 Å². The summed E-state index contributed by atoms with van der Waals surface area (Å²) in [6.45, 7) is 1.68. The predicted octanol–water partition coefficient (Wildman–Crippen LogP) is 1.97. The van der Waals surface area contributed by atoms with Crippen LogP contribution in [0.5, 0.6) is 0 Å². The van der Waals surface area contributed by atoms with Gasteiger partial charge in [-0.3, -0.25) is 4.90 Å². The molecule has 1 saturated carbocycles. The monoisotopic (exact) mass is 275 g/mol. The molecule has 1 heterocycles. The Kier molecular flexibility index (Phi) is 3.80. The number of aliphatic hydroxyl groups is 1. The summed E-state index contributed by atoms with van der Waals surface area (Å²) < 4.78 is 14.6. The summed E-state index contributed by atoms with van der Waals surface area (Å²) in [7, 11) is 0. The van der Waals surface area contributed by atoms with Gasteiger partial charge >= 0.3 is 0 Å². The van der Waals surface area contributed by atoms with Crippen molar-refractivity contribution < 1.29 is 9.50 Å². The summed E-state index contributed by atoms with van der Waals surface area (Å²) in [6, 6.07) is 6.88. The normalized spacial score (nSPS) is 14.9. The van der Waals surface area contributed by atoms with Gasteiger partial charge in [0.2, 0.25) is 0 Å². The molecular formula is C15H18FN3O. The third kappa shape index (κ3) is 3.05. The van der Waals surface area contributed by atoms with Gasteiger partial charge < -0.3 is 5.11 Å². The molecule has 0 spiro atoms. The van der Waals surface area contributed by atoms with Gasteiger partial charge in [-0.05, 0) is 37.1 Å². The van der Waals surface area contributed by atoms with Gasteiger partial charge in [-0.1, -0.05) is 0 Å². The maximum Gasteiger partial charge on any atom is 0.123 e. The van der Waals surface area contributed by atoms with Crippen LogP contribution >= 0.6 is 0 Å². The zero-order chi connectivity index (χ0) is 13.9. The third-order valence-corrected chi connectivity index (χ3v) is 3.56. The maximum atomic E-state index is 12.9. The van der Waals surface area contributed by atoms with Crippen LogP contribution in [0, 0.1) is 5.82 Å². The van der Waals surface area contributed by atoms with Crippen LogP contribution in [0.15, 0.2) is 36.7 Å². The molecule has 0 saturated heterocycles. The van der Waals surface area contributed by atoms with Crippen LogP contribution in [0.25, 0.3) is 5.69 Å². The fourth-order valence-corrected chi connectivity index (χ4v) is 2.37. The molecular weight excluding hydrogens is 257 g/mol. The molecule has 1 aromatic carbocycles. The number of rotatable bonds is 6. The van der Waals surface area contributed by atoms with Gasteiger partial charge in [0, 0.05) is 30.9 Å². The summed E-state index contributed by atoms with van der Waals surface area (Å²) in [5, 5.41) is 13.4. The lowest BCUT2D eigenvalue weighted by molar-refractivity contribution is 0.183. The Balaban J connectivity index is 1.71. The second kappa shape index (κ2) is 5.73. The molecule has 1 aromatic heterocycles. The Morgan fingerprint density at radius 3 is 2.70 bits per heavy atom. The molecule has 1 fully saturated rings. The van der Waals surface area contributed by atoms with Gasteiger partial charge in [0.05, 0.1) is 18.5 Å². The minimum atomic E-state index is -0.246. The van der Waals surface area contributed by atoms with E-state index >= 15 is 0 Å². The van der Waals surface area contributed by atoms with Gasteiger partial charge in [-0.2, -0.15) is 5.10 Å². The summed E-state index contributed by atoms with van der Waals surface area (Å²) in [6.07, 6.45) is 6.22. The molecule has 0 amide bonds. The van der Waals surface area contributed by atoms with Crippen molar-refractivity contribution in [2.45, 2.75) is 25.4 Å². The van der Waals surface area contributed by atoms with Crippen molar-refractivity contribution in [1.82, 2.24) is 14.7 Å². The highest BCUT2D eigenvalue weighted by Gasteiger charge is 2.28. The smallest absolute Gasteiger partial charge is 0.123 e. The van der Waals surface area contributed by atoms with Gasteiger partial charge in [0.1, 0.15) is 5.82 Å². The molecule has 20 heavy (non-hydrogen) atoms. The molecule has 0 bridgehead atoms. The Morgan fingerprint density at radius 2 is 2.05 bits per heavy atom. The van der Waals surface area contributed by atoms with Crippen molar-refractivity contribution in [3.05, 3.63) is 48.0 Å². The topological polar surface area (TPSA) is 41.3 Å². The maximum absolute atomic E-state index is 12.9. The van der Waals surface area contributed by atoms with Crippen molar-refractivity contribution >= 4 is 0 Å². The molecule has 1 aliphatic rings. The Bertz CT molecular complexity index is 563. The average molecular weight is 275 g/mol. The zero-order valence-electron chi connectivity index (χ0n) is 11.2. The van der Waals surface area contributed by atoms with E-state index in [0.29, 0.717) is 12.6 Å². The summed E-state index contributed by atoms with van der Waals surface area (Å²) in [5.41, 5.74) is 1.95. The van der Waals surface area contributed by atoms with Crippen molar-refractivity contribution in [3.63, 3.8) is 0 Å². The quantitative estimate of drug-likeness (QED) is 0.876. The van der Waals surface area contributed by atoms with Gasteiger partial charge in [0.15, 0.2) is 0 Å². The molecule has 0 unspecified atom stereocenters. The molecule has 0 aliphatic heterocycles. The number of hydrogen-bond donors (Lipinski definition) is 1. The predicted molar refractivity (Wildman–Crippen MR) is 74.0 cm³/mol. The summed E-state index contributed by atoms with van der Waals surface area (Å²) >= 11 is 0. The Morgan fingerprint density at radius 1 is 1.30 bits per heavy atom. The number of benzene rings is 1. The van der Waals surface area contributed by atoms with E-state index in [4.69, 9.17) is 5.11 Å². The lowest BCUT2D eigenvalue weighted by Gasteiger charge is -2.19. The highest BCUT2D eigenvalue weighted by atomic mass is 19.1. The summed E-state index contributed by atoms with van der Waals surface area (Å²) in [5.74, 6) is -0.246. The van der Waals surface area contributed by atoms with E-state index in [9.17, 15) is 4.39 Å². The van der Waals surface area contributed by atoms with Crippen LogP contribution in [-0.2, 0) is 6.54 Å². The minimum Gasteiger partial charge on any atom is -0.395 e. The lowest BCUT2D eigenvalue weighted by Crippen LogP contribution is -2.28. The second-order valence-electron chi connectivity index (χ2n) is 5.19. The Hall–Kier alpha value is -1.72. The van der Waals surface area contributed by atoms with Crippen LogP contribution in [0.1, 0.15) is 18.4 Å². The van der Waals surface area contributed by atoms with Crippen molar-refractivity contribution in [3.8, 4) is 5.69 Å². The Labute approximate surface area is 117 Å². The average Bonchev–Trinajstić information content (AvgIpc) is 3.20. The minimum absolute atomic E-state index is 0.183. The highest BCUT2D eigenvalue weighted by molar-refractivity contribution is 5.31. The number of aromatic nitrogens is 2. The number of halogens is 1. The van der Waals surface area contributed by atoms with Crippen LogP contribution in [0.4, 0.5) is 4.39 Å². The number of aliphatic hydroxyl groups excluding tert-OH is 1. The van der Waals surface area contributed by atoms with Gasteiger partial charge in [-0.15, -0.1) is 0 Å². The van der Waals surface area contributed by atoms with E-state index in [1.165, 1.54) is 25.0 Å². The largest absolute Gasteiger partial charge is 0.395 e. The van der Waals surface area contributed by atoms with Gasteiger partial charge in [0.25, 0.3) is 0 Å². The van der Waals surface area contributed by atoms with E-state index in [1.807, 2.05) is 12.4 Å². The second-order valence-corrected chi connectivity index (χ2v) is 5.19. The molecule has 1 N–H and O–H groups in total. The van der Waals surface area contributed by atoms with Crippen molar-refractivity contribution in [1.29, 1.82) is 0 Å². The first kappa shape index (κ1) is 13.3. The highest BCUT2D eigenvalue weighted by Crippen LogP contribution is 2.27. The molecule has 3 rings (SSSR count). The van der Waals surface area contributed by atoms with E-state index in [0.717, 1.165) is 17.8 Å². The lowest BCUT2D eigenvalue weighted by atomic mass is 10.3. The van der Waals surface area contributed by atoms with E-state index in [2.05, 4.69) is 10.00 Å². The standard InChI is InChI=1S/C15H18FN3O/c16-13-1-3-15(4-2-13)19-11-12(9-17-19)10-18(7-8-20)14-5-6-14/h1-4,9,11,14,20H,5-8,10H2. The van der Waals surface area contributed by atoms with Crippen LogP contribution in [-0.4, -0.2) is 39.0 Å². The van der Waals surface area contributed by atoms with E-state index in [-0.39, 0.29) is 12.4 Å². The number of nitrogens with zero attached hydrogens (tertiary/aromatic N) is 3. The fraction of sp³-hybridized carbons (Fsp3) is 0.400. The first-order valence-corrected chi connectivity index (χ1v) is 6.90. The number of hydrogen-bond acceptors (Lipinski definition) is 3. The molecule has 1 aliphatic carbocycles. The zero-order valence-corrected chi connectivity index (χ0v) is 11.2. The first-order chi connectivity index (χ1) is 9.76. The van der Waals surface area contributed by atoms with E-state index < -0.39 is 0 Å². The van der Waals surface area contributed by atoms with Crippen molar-refractivity contribution in [2.75, 3.05) is 13.2 Å².